The third kappa shape index (κ3) is 2.69. The van der Waals surface area contributed by atoms with Gasteiger partial charge in [-0.2, -0.15) is 0 Å². The van der Waals surface area contributed by atoms with Crippen LogP contribution in [0.15, 0.2) is 18.2 Å². The van der Waals surface area contributed by atoms with Gasteiger partial charge in [-0.3, -0.25) is 4.79 Å². The number of nitrogens with zero attached hydrogens (tertiary/aromatic N) is 1. The minimum absolute atomic E-state index is 0.245. The van der Waals surface area contributed by atoms with Crippen molar-refractivity contribution >= 4 is 17.5 Å². The molecule has 0 aromatic heterocycles. The van der Waals surface area contributed by atoms with E-state index < -0.39 is 5.38 Å². The van der Waals surface area contributed by atoms with Gasteiger partial charge in [0.1, 0.15) is 11.2 Å². The molecular weight excluding hydrogens is 217 g/mol. The molecule has 0 fully saturated rings. The van der Waals surface area contributed by atoms with Gasteiger partial charge in [-0.05, 0) is 30.2 Å². The molecule has 1 rings (SSSR count). The van der Waals surface area contributed by atoms with Crippen molar-refractivity contribution in [2.75, 3.05) is 14.1 Å². The van der Waals surface area contributed by atoms with Crippen LogP contribution in [0.1, 0.15) is 16.5 Å². The predicted octanol–water partition coefficient (Wildman–Crippen LogP) is 2.50. The molecule has 2 nitrogen and oxygen atoms in total. The molecule has 0 aliphatic rings. The molecule has 1 atom stereocenters. The van der Waals surface area contributed by atoms with Crippen molar-refractivity contribution in [3.63, 3.8) is 0 Å². The molecule has 0 aliphatic heterocycles. The number of hydrogen-bond donors (Lipinski definition) is 0. The second kappa shape index (κ2) is 4.62. The number of alkyl halides is 1. The van der Waals surface area contributed by atoms with Crippen LogP contribution in [-0.4, -0.2) is 24.9 Å². The average Bonchev–Trinajstić information content (AvgIpc) is 2.19. The van der Waals surface area contributed by atoms with Gasteiger partial charge in [0.25, 0.3) is 0 Å². The topological polar surface area (TPSA) is 20.3 Å². The normalized spacial score (nSPS) is 12.3. The maximum Gasteiger partial charge on any atom is 0.244 e. The van der Waals surface area contributed by atoms with Crippen LogP contribution in [-0.2, 0) is 4.79 Å². The summed E-state index contributed by atoms with van der Waals surface area (Å²) in [6, 6.07) is 4.26. The molecule has 0 bridgehead atoms. The highest BCUT2D eigenvalue weighted by Gasteiger charge is 2.21. The second-order valence-electron chi connectivity index (χ2n) is 3.60. The average molecular weight is 230 g/mol. The summed E-state index contributed by atoms with van der Waals surface area (Å²) in [5.41, 5.74) is 1.34. The van der Waals surface area contributed by atoms with Gasteiger partial charge >= 0.3 is 0 Å². The second-order valence-corrected chi connectivity index (χ2v) is 4.03. The molecule has 0 radical (unpaired) electrons. The molecule has 0 heterocycles. The Hall–Kier alpha value is -1.09. The molecule has 4 heteroatoms. The summed E-state index contributed by atoms with van der Waals surface area (Å²) in [7, 11) is 3.23. The third-order valence-corrected chi connectivity index (χ3v) is 2.59. The fourth-order valence-corrected chi connectivity index (χ4v) is 1.67. The number of halogens is 2. The van der Waals surface area contributed by atoms with E-state index in [4.69, 9.17) is 11.6 Å². The Morgan fingerprint density at radius 1 is 1.47 bits per heavy atom. The summed E-state index contributed by atoms with van der Waals surface area (Å²) in [6.45, 7) is 1.80. The van der Waals surface area contributed by atoms with Gasteiger partial charge in [0.05, 0.1) is 0 Å². The standard InChI is InChI=1S/C11H13ClFNO/c1-7-4-5-8(13)6-9(7)10(12)11(15)14(2)3/h4-6,10H,1-3H3. The molecule has 0 aliphatic carbocycles. The van der Waals surface area contributed by atoms with E-state index in [1.807, 2.05) is 0 Å². The van der Waals surface area contributed by atoms with Gasteiger partial charge < -0.3 is 4.90 Å². The van der Waals surface area contributed by atoms with Crippen molar-refractivity contribution in [2.45, 2.75) is 12.3 Å². The van der Waals surface area contributed by atoms with E-state index in [0.29, 0.717) is 5.56 Å². The van der Waals surface area contributed by atoms with Crippen LogP contribution in [0.2, 0.25) is 0 Å². The van der Waals surface area contributed by atoms with Crippen molar-refractivity contribution in [2.24, 2.45) is 0 Å². The Balaban J connectivity index is 3.05. The van der Waals surface area contributed by atoms with Crippen LogP contribution in [0.4, 0.5) is 4.39 Å². The fourth-order valence-electron chi connectivity index (χ4n) is 1.24. The van der Waals surface area contributed by atoms with Crippen LogP contribution in [0.25, 0.3) is 0 Å². The van der Waals surface area contributed by atoms with Crippen molar-refractivity contribution in [1.29, 1.82) is 0 Å². The Bertz CT molecular complexity index is 379. The summed E-state index contributed by atoms with van der Waals surface area (Å²) in [5.74, 6) is -0.627. The number of amides is 1. The van der Waals surface area contributed by atoms with Crippen molar-refractivity contribution in [3.05, 3.63) is 35.1 Å². The summed E-state index contributed by atoms with van der Waals surface area (Å²) in [5, 5.41) is -0.823. The largest absolute Gasteiger partial charge is 0.347 e. The monoisotopic (exact) mass is 229 g/mol. The zero-order valence-corrected chi connectivity index (χ0v) is 9.68. The van der Waals surface area contributed by atoms with Crippen LogP contribution < -0.4 is 0 Å². The Kier molecular flexibility index (Phi) is 3.69. The van der Waals surface area contributed by atoms with E-state index in [9.17, 15) is 9.18 Å². The van der Waals surface area contributed by atoms with Crippen LogP contribution in [0.3, 0.4) is 0 Å². The van der Waals surface area contributed by atoms with Crippen LogP contribution >= 0.6 is 11.6 Å². The highest BCUT2D eigenvalue weighted by molar-refractivity contribution is 6.30. The Morgan fingerprint density at radius 2 is 2.07 bits per heavy atom. The van der Waals surface area contributed by atoms with Crippen molar-refractivity contribution < 1.29 is 9.18 Å². The lowest BCUT2D eigenvalue weighted by atomic mass is 10.0. The van der Waals surface area contributed by atoms with Crippen molar-refractivity contribution in [1.82, 2.24) is 4.90 Å². The molecule has 0 saturated heterocycles. The lowest BCUT2D eigenvalue weighted by molar-refractivity contribution is -0.128. The van der Waals surface area contributed by atoms with Gasteiger partial charge in [-0.25, -0.2) is 4.39 Å². The van der Waals surface area contributed by atoms with Gasteiger partial charge in [-0.15, -0.1) is 11.6 Å². The molecule has 0 N–H and O–H groups in total. The first-order chi connectivity index (χ1) is 6.93. The van der Waals surface area contributed by atoms with Crippen LogP contribution in [0, 0.1) is 12.7 Å². The zero-order valence-electron chi connectivity index (χ0n) is 8.92. The van der Waals surface area contributed by atoms with Gasteiger partial charge in [0.2, 0.25) is 5.91 Å². The smallest absolute Gasteiger partial charge is 0.244 e. The lowest BCUT2D eigenvalue weighted by Crippen LogP contribution is -2.26. The number of rotatable bonds is 2. The number of likely N-dealkylation sites (N-methyl/N-ethyl adjacent to an activating group) is 1. The van der Waals surface area contributed by atoms with E-state index in [0.717, 1.165) is 5.56 Å². The molecule has 0 saturated carbocycles. The molecule has 15 heavy (non-hydrogen) atoms. The molecular formula is C11H13ClFNO. The highest BCUT2D eigenvalue weighted by Crippen LogP contribution is 2.26. The predicted molar refractivity (Wildman–Crippen MR) is 58.4 cm³/mol. The van der Waals surface area contributed by atoms with Crippen molar-refractivity contribution in [3.8, 4) is 0 Å². The summed E-state index contributed by atoms with van der Waals surface area (Å²) in [6.07, 6.45) is 0. The first-order valence-corrected chi connectivity index (χ1v) is 4.98. The van der Waals surface area contributed by atoms with E-state index in [1.165, 1.54) is 17.0 Å². The first-order valence-electron chi connectivity index (χ1n) is 4.54. The molecule has 1 amide bonds. The van der Waals surface area contributed by atoms with E-state index in [-0.39, 0.29) is 11.7 Å². The molecule has 0 spiro atoms. The van der Waals surface area contributed by atoms with E-state index in [1.54, 1.807) is 27.1 Å². The number of aryl methyl sites for hydroxylation is 1. The highest BCUT2D eigenvalue weighted by atomic mass is 35.5. The summed E-state index contributed by atoms with van der Waals surface area (Å²) >= 11 is 5.97. The number of benzene rings is 1. The zero-order chi connectivity index (χ0) is 11.6. The van der Waals surface area contributed by atoms with Crippen LogP contribution in [0.5, 0.6) is 0 Å². The third-order valence-electron chi connectivity index (χ3n) is 2.17. The van der Waals surface area contributed by atoms with Gasteiger partial charge in [0.15, 0.2) is 0 Å². The number of carbonyl (C=O) groups excluding carboxylic acids is 1. The molecule has 1 aromatic rings. The molecule has 1 aromatic carbocycles. The maximum absolute atomic E-state index is 13.0. The minimum Gasteiger partial charge on any atom is -0.347 e. The fraction of sp³-hybridized carbons (Fsp3) is 0.364. The lowest BCUT2D eigenvalue weighted by Gasteiger charge is -2.17. The summed E-state index contributed by atoms with van der Waals surface area (Å²) in [4.78, 5) is 13.0. The Labute approximate surface area is 93.6 Å². The van der Waals surface area contributed by atoms with E-state index in [2.05, 4.69) is 0 Å². The SMILES string of the molecule is Cc1ccc(F)cc1C(Cl)C(=O)N(C)C. The summed E-state index contributed by atoms with van der Waals surface area (Å²) < 4.78 is 13.0. The first kappa shape index (κ1) is 12.0. The number of carbonyl (C=O) groups is 1. The van der Waals surface area contributed by atoms with E-state index >= 15 is 0 Å². The molecule has 1 unspecified atom stereocenters. The van der Waals surface area contributed by atoms with Gasteiger partial charge in [-0.1, -0.05) is 6.07 Å². The van der Waals surface area contributed by atoms with Gasteiger partial charge in [0, 0.05) is 14.1 Å². The minimum atomic E-state index is -0.823. The molecule has 82 valence electrons. The Morgan fingerprint density at radius 3 is 2.60 bits per heavy atom. The quantitative estimate of drug-likeness (QED) is 0.714. The maximum atomic E-state index is 13.0. The number of hydrogen-bond acceptors (Lipinski definition) is 1.